The van der Waals surface area contributed by atoms with Crippen LogP contribution in [0.5, 0.6) is 0 Å². The maximum absolute atomic E-state index is 11.4. The normalized spacial score (nSPS) is 28.3. The lowest BCUT2D eigenvalue weighted by atomic mass is 9.72. The number of aromatic amines is 1. The number of rotatable bonds is 3. The van der Waals surface area contributed by atoms with Crippen LogP contribution < -0.4 is 0 Å². The van der Waals surface area contributed by atoms with Crippen LogP contribution in [0.15, 0.2) is 30.0 Å². The molecular formula is C22H26N2O2. The monoisotopic (exact) mass is 350 g/mol. The van der Waals surface area contributed by atoms with Gasteiger partial charge in [-0.05, 0) is 44.0 Å². The summed E-state index contributed by atoms with van der Waals surface area (Å²) in [5.41, 5.74) is 5.62. The van der Waals surface area contributed by atoms with Gasteiger partial charge in [-0.1, -0.05) is 12.1 Å². The third kappa shape index (κ3) is 2.50. The highest BCUT2D eigenvalue weighted by Crippen LogP contribution is 2.45. The van der Waals surface area contributed by atoms with Crippen molar-refractivity contribution in [2.75, 3.05) is 20.2 Å². The van der Waals surface area contributed by atoms with Gasteiger partial charge in [0.1, 0.15) is 0 Å². The second-order valence-corrected chi connectivity index (χ2v) is 8.31. The molecule has 4 heteroatoms. The molecule has 4 nitrogen and oxygen atoms in total. The number of likely N-dealkylation sites (N-methyl/N-ethyl adjacent to an activating group) is 1. The third-order valence-corrected chi connectivity index (χ3v) is 6.59. The number of carbonyl (C=O) groups excluding carboxylic acids is 1. The van der Waals surface area contributed by atoms with Crippen molar-refractivity contribution in [3.8, 4) is 0 Å². The van der Waals surface area contributed by atoms with Gasteiger partial charge in [-0.2, -0.15) is 0 Å². The average molecular weight is 350 g/mol. The predicted octanol–water partition coefficient (Wildman–Crippen LogP) is 3.70. The van der Waals surface area contributed by atoms with E-state index in [1.807, 2.05) is 0 Å². The van der Waals surface area contributed by atoms with E-state index in [1.54, 1.807) is 6.08 Å². The summed E-state index contributed by atoms with van der Waals surface area (Å²) in [5, 5.41) is 1.46. The molecule has 3 aliphatic rings. The quantitative estimate of drug-likeness (QED) is 0.918. The molecule has 1 fully saturated rings. The summed E-state index contributed by atoms with van der Waals surface area (Å²) in [6.45, 7) is 3.99. The van der Waals surface area contributed by atoms with Gasteiger partial charge in [-0.15, -0.1) is 0 Å². The summed E-state index contributed by atoms with van der Waals surface area (Å²) in [6.07, 6.45) is 5.38. The molecule has 0 bridgehead atoms. The number of hydrogen-bond acceptors (Lipinski definition) is 3. The van der Waals surface area contributed by atoms with E-state index in [1.165, 1.54) is 34.1 Å². The number of likely N-dealkylation sites (tertiary alicyclic amines) is 1. The molecule has 1 aliphatic heterocycles. The molecular weight excluding hydrogens is 324 g/mol. The Balaban J connectivity index is 1.41. The number of piperidine rings is 1. The molecule has 2 heterocycles. The SMILES string of the molecule is Cc1[nH]c2cccc3c2c1C[C@H]1C3C[C@@H](COC2=CC(=O)CC2)CN1C. The molecule has 1 aromatic carbocycles. The van der Waals surface area contributed by atoms with E-state index >= 15 is 0 Å². The molecule has 0 spiro atoms. The van der Waals surface area contributed by atoms with E-state index in [0.29, 0.717) is 24.3 Å². The first kappa shape index (κ1) is 16.1. The van der Waals surface area contributed by atoms with Crippen LogP contribution in [0.3, 0.4) is 0 Å². The summed E-state index contributed by atoms with van der Waals surface area (Å²) in [4.78, 5) is 17.5. The molecule has 2 aliphatic carbocycles. The van der Waals surface area contributed by atoms with Gasteiger partial charge in [-0.25, -0.2) is 0 Å². The Morgan fingerprint density at radius 3 is 3.00 bits per heavy atom. The predicted molar refractivity (Wildman–Crippen MR) is 102 cm³/mol. The van der Waals surface area contributed by atoms with Gasteiger partial charge in [0.25, 0.3) is 0 Å². The van der Waals surface area contributed by atoms with Gasteiger partial charge in [0.2, 0.25) is 0 Å². The Hall–Kier alpha value is -2.07. The molecule has 5 rings (SSSR count). The van der Waals surface area contributed by atoms with Crippen molar-refractivity contribution in [2.45, 2.75) is 44.6 Å². The Morgan fingerprint density at radius 1 is 1.31 bits per heavy atom. The third-order valence-electron chi connectivity index (χ3n) is 6.59. The summed E-state index contributed by atoms with van der Waals surface area (Å²) in [6, 6.07) is 7.29. The number of carbonyl (C=O) groups is 1. The smallest absolute Gasteiger partial charge is 0.159 e. The minimum Gasteiger partial charge on any atom is -0.497 e. The summed E-state index contributed by atoms with van der Waals surface area (Å²) < 4.78 is 6.00. The second-order valence-electron chi connectivity index (χ2n) is 8.31. The highest BCUT2D eigenvalue weighted by Gasteiger charge is 2.40. The number of allylic oxidation sites excluding steroid dienone is 2. The van der Waals surface area contributed by atoms with Crippen molar-refractivity contribution in [1.29, 1.82) is 0 Å². The number of nitrogens with one attached hydrogen (secondary N) is 1. The Kier molecular flexibility index (Phi) is 3.71. The molecule has 136 valence electrons. The summed E-state index contributed by atoms with van der Waals surface area (Å²) in [5.74, 6) is 2.16. The van der Waals surface area contributed by atoms with Crippen molar-refractivity contribution in [3.63, 3.8) is 0 Å². The first-order chi connectivity index (χ1) is 12.6. The van der Waals surface area contributed by atoms with Gasteiger partial charge >= 0.3 is 0 Å². The number of ketones is 1. The summed E-state index contributed by atoms with van der Waals surface area (Å²) in [7, 11) is 2.26. The number of benzene rings is 1. The zero-order valence-corrected chi connectivity index (χ0v) is 15.5. The van der Waals surface area contributed by atoms with Crippen LogP contribution in [0.1, 0.15) is 42.0 Å². The number of aromatic nitrogens is 1. The second kappa shape index (κ2) is 5.98. The van der Waals surface area contributed by atoms with E-state index in [9.17, 15) is 4.79 Å². The van der Waals surface area contributed by atoms with E-state index < -0.39 is 0 Å². The lowest BCUT2D eigenvalue weighted by Gasteiger charge is -2.45. The fraction of sp³-hybridized carbons (Fsp3) is 0.500. The average Bonchev–Trinajstić information content (AvgIpc) is 3.18. The van der Waals surface area contributed by atoms with Crippen LogP contribution in [0.4, 0.5) is 0 Å². The lowest BCUT2D eigenvalue weighted by molar-refractivity contribution is -0.114. The number of fused-ring (bicyclic) bond motifs is 2. The number of ether oxygens (including phenoxy) is 1. The molecule has 1 saturated heterocycles. The molecule has 1 unspecified atom stereocenters. The highest BCUT2D eigenvalue weighted by atomic mass is 16.5. The van der Waals surface area contributed by atoms with Crippen molar-refractivity contribution < 1.29 is 9.53 Å². The summed E-state index contributed by atoms with van der Waals surface area (Å²) >= 11 is 0. The first-order valence-electron chi connectivity index (χ1n) is 9.76. The van der Waals surface area contributed by atoms with E-state index in [-0.39, 0.29) is 5.78 Å². The minimum absolute atomic E-state index is 0.204. The van der Waals surface area contributed by atoms with Crippen molar-refractivity contribution in [3.05, 3.63) is 46.9 Å². The van der Waals surface area contributed by atoms with Gasteiger partial charge in [0.15, 0.2) is 5.78 Å². The first-order valence-corrected chi connectivity index (χ1v) is 9.76. The largest absolute Gasteiger partial charge is 0.497 e. The highest BCUT2D eigenvalue weighted by molar-refractivity contribution is 5.92. The molecule has 2 aromatic rings. The van der Waals surface area contributed by atoms with Gasteiger partial charge in [0.05, 0.1) is 12.4 Å². The van der Waals surface area contributed by atoms with Crippen LogP contribution in [-0.2, 0) is 16.0 Å². The Morgan fingerprint density at radius 2 is 2.19 bits per heavy atom. The van der Waals surface area contributed by atoms with Gasteiger partial charge < -0.3 is 14.6 Å². The number of H-pyrrole nitrogens is 1. The molecule has 0 saturated carbocycles. The van der Waals surface area contributed by atoms with Crippen LogP contribution in [0.25, 0.3) is 10.9 Å². The van der Waals surface area contributed by atoms with Gasteiger partial charge in [0, 0.05) is 59.9 Å². The zero-order valence-electron chi connectivity index (χ0n) is 15.5. The fourth-order valence-corrected chi connectivity index (χ4v) is 5.35. The number of aryl methyl sites for hydroxylation is 1. The fourth-order valence-electron chi connectivity index (χ4n) is 5.35. The van der Waals surface area contributed by atoms with E-state index in [0.717, 1.165) is 31.8 Å². The molecule has 3 atom stereocenters. The standard InChI is InChI=1S/C22H26N2O2/c1-13-18-10-21-19(17-4-3-5-20(23-13)22(17)18)8-14(11-24(21)2)12-26-16-7-6-15(25)9-16/h3-5,9,14,19,21,23H,6-8,10-12H2,1-2H3/t14-,19?,21+/m1/s1. The minimum atomic E-state index is 0.204. The Bertz CT molecular complexity index is 910. The van der Waals surface area contributed by atoms with Crippen molar-refractivity contribution in [2.24, 2.45) is 5.92 Å². The Labute approximate surface area is 154 Å². The van der Waals surface area contributed by atoms with Gasteiger partial charge in [-0.3, -0.25) is 4.79 Å². The molecule has 0 amide bonds. The molecule has 26 heavy (non-hydrogen) atoms. The lowest BCUT2D eigenvalue weighted by Crippen LogP contribution is -2.48. The van der Waals surface area contributed by atoms with Crippen LogP contribution in [-0.4, -0.2) is 41.9 Å². The number of nitrogens with zero attached hydrogens (tertiary/aromatic N) is 1. The van der Waals surface area contributed by atoms with Crippen LogP contribution in [0.2, 0.25) is 0 Å². The van der Waals surface area contributed by atoms with Crippen molar-refractivity contribution >= 4 is 16.7 Å². The molecule has 1 N–H and O–H groups in total. The molecule has 1 aromatic heterocycles. The maximum Gasteiger partial charge on any atom is 0.159 e. The van der Waals surface area contributed by atoms with Crippen LogP contribution >= 0.6 is 0 Å². The maximum atomic E-state index is 11.4. The van der Waals surface area contributed by atoms with E-state index in [2.05, 4.69) is 42.1 Å². The zero-order chi connectivity index (χ0) is 17.8. The van der Waals surface area contributed by atoms with Crippen molar-refractivity contribution in [1.82, 2.24) is 9.88 Å². The topological polar surface area (TPSA) is 45.3 Å². The number of hydrogen-bond donors (Lipinski definition) is 1. The van der Waals surface area contributed by atoms with E-state index in [4.69, 9.17) is 4.74 Å². The molecule has 0 radical (unpaired) electrons. The van der Waals surface area contributed by atoms with Crippen LogP contribution in [0, 0.1) is 12.8 Å².